The molecule has 3 rings (SSSR count). The molecule has 0 bridgehead atoms. The van der Waals surface area contributed by atoms with Gasteiger partial charge in [-0.15, -0.1) is 8.78 Å². The van der Waals surface area contributed by atoms with Crippen LogP contribution in [-0.4, -0.2) is 26.3 Å². The minimum Gasteiger partial charge on any atom is -0.382 e. The zero-order chi connectivity index (χ0) is 18.6. The van der Waals surface area contributed by atoms with Crippen molar-refractivity contribution in [3.63, 3.8) is 0 Å². The smallest absolute Gasteiger partial charge is 0.382 e. The molecule has 0 amide bonds. The summed E-state index contributed by atoms with van der Waals surface area (Å²) in [5.41, 5.74) is 3.92. The third-order valence-corrected chi connectivity index (χ3v) is 3.99. The molecule has 0 saturated carbocycles. The van der Waals surface area contributed by atoms with Gasteiger partial charge in [0.1, 0.15) is 11.4 Å². The Balaban J connectivity index is 0.000000511. The lowest BCUT2D eigenvalue weighted by Crippen LogP contribution is -2.27. The highest BCUT2D eigenvalue weighted by Gasteiger charge is 2.28. The number of pyridine rings is 1. The Bertz CT molecular complexity index is 854. The number of rotatable bonds is 3. The number of aromatic nitrogens is 3. The summed E-state index contributed by atoms with van der Waals surface area (Å²) in [6, 6.07) is 9.76. The van der Waals surface area contributed by atoms with Gasteiger partial charge in [0, 0.05) is 18.3 Å². The van der Waals surface area contributed by atoms with Crippen molar-refractivity contribution in [3.05, 3.63) is 59.2 Å². The number of benzene rings is 1. The SMILES string of the molecule is Cc1ccnc(CC(C)(O)c2nc3ccccc3[nH]2)c1C.O=C(F)F. The molecule has 0 aliphatic rings. The number of nitrogens with zero attached hydrogens (tertiary/aromatic N) is 2. The molecule has 2 aromatic heterocycles. The molecule has 1 unspecified atom stereocenters. The molecule has 0 saturated heterocycles. The number of para-hydroxylation sites is 2. The Hall–Kier alpha value is -2.67. The van der Waals surface area contributed by atoms with Crippen molar-refractivity contribution in [2.24, 2.45) is 0 Å². The minimum atomic E-state index is -2.83. The molecule has 2 N–H and O–H groups in total. The summed E-state index contributed by atoms with van der Waals surface area (Å²) in [7, 11) is 0. The van der Waals surface area contributed by atoms with Crippen molar-refractivity contribution < 1.29 is 18.7 Å². The van der Waals surface area contributed by atoms with E-state index in [0.717, 1.165) is 22.3 Å². The van der Waals surface area contributed by atoms with Gasteiger partial charge in [0.05, 0.1) is 11.0 Å². The molecule has 0 aliphatic carbocycles. The summed E-state index contributed by atoms with van der Waals surface area (Å²) < 4.78 is 19.4. The highest BCUT2D eigenvalue weighted by molar-refractivity contribution is 5.74. The van der Waals surface area contributed by atoms with Crippen LogP contribution >= 0.6 is 0 Å². The maximum Gasteiger partial charge on any atom is 0.483 e. The third-order valence-electron chi connectivity index (χ3n) is 3.99. The van der Waals surface area contributed by atoms with Crippen LogP contribution in [0.3, 0.4) is 0 Å². The molecular weight excluding hydrogens is 328 g/mol. The molecule has 3 aromatic rings. The molecule has 0 aliphatic heterocycles. The largest absolute Gasteiger partial charge is 0.483 e. The highest BCUT2D eigenvalue weighted by Crippen LogP contribution is 2.26. The number of nitrogens with one attached hydrogen (secondary N) is 1. The standard InChI is InChI=1S/C17H19N3O.CF2O/c1-11-8-9-18-15(12(11)2)10-17(3,21)16-19-13-6-4-5-7-14(13)20-16;2-1(3)4/h4-9,21H,10H2,1-3H3,(H,19,20);. The van der Waals surface area contributed by atoms with Gasteiger partial charge in [-0.3, -0.25) is 4.98 Å². The van der Waals surface area contributed by atoms with Crippen molar-refractivity contribution in [1.82, 2.24) is 15.0 Å². The number of H-pyrrole nitrogens is 1. The number of imidazole rings is 1. The second-order valence-electron chi connectivity index (χ2n) is 5.98. The normalized spacial score (nSPS) is 13.0. The Kier molecular flexibility index (Phi) is 5.58. The lowest BCUT2D eigenvalue weighted by molar-refractivity contribution is 0.0481. The molecule has 0 spiro atoms. The Morgan fingerprint density at radius 2 is 1.88 bits per heavy atom. The van der Waals surface area contributed by atoms with Gasteiger partial charge >= 0.3 is 6.29 Å². The van der Waals surface area contributed by atoms with Crippen molar-refractivity contribution in [3.8, 4) is 0 Å². The van der Waals surface area contributed by atoms with Crippen LogP contribution < -0.4 is 0 Å². The predicted molar refractivity (Wildman–Crippen MR) is 90.7 cm³/mol. The first-order valence-electron chi connectivity index (χ1n) is 7.64. The molecular formula is C18H19F2N3O2. The van der Waals surface area contributed by atoms with Gasteiger partial charge in [0.25, 0.3) is 0 Å². The second kappa shape index (κ2) is 7.48. The number of hydrogen-bond acceptors (Lipinski definition) is 4. The van der Waals surface area contributed by atoms with Crippen molar-refractivity contribution in [2.75, 3.05) is 0 Å². The van der Waals surface area contributed by atoms with Crippen LogP contribution in [0.15, 0.2) is 36.5 Å². The molecule has 25 heavy (non-hydrogen) atoms. The highest BCUT2D eigenvalue weighted by atomic mass is 19.3. The molecule has 7 heteroatoms. The number of halogens is 2. The van der Waals surface area contributed by atoms with E-state index >= 15 is 0 Å². The summed E-state index contributed by atoms with van der Waals surface area (Å²) in [6.45, 7) is 5.86. The quantitative estimate of drug-likeness (QED) is 0.700. The first kappa shape index (κ1) is 18.7. The van der Waals surface area contributed by atoms with Gasteiger partial charge in [-0.2, -0.15) is 0 Å². The van der Waals surface area contributed by atoms with Crippen molar-refractivity contribution in [2.45, 2.75) is 32.8 Å². The minimum absolute atomic E-state index is 0.431. The van der Waals surface area contributed by atoms with Crippen LogP contribution in [0.5, 0.6) is 0 Å². The Morgan fingerprint density at radius 3 is 2.52 bits per heavy atom. The van der Waals surface area contributed by atoms with E-state index in [4.69, 9.17) is 4.79 Å². The molecule has 2 heterocycles. The fourth-order valence-corrected chi connectivity index (χ4v) is 2.48. The van der Waals surface area contributed by atoms with Crippen LogP contribution in [0.2, 0.25) is 0 Å². The summed E-state index contributed by atoms with van der Waals surface area (Å²) in [5, 5.41) is 10.8. The zero-order valence-electron chi connectivity index (χ0n) is 14.2. The first-order valence-corrected chi connectivity index (χ1v) is 7.64. The molecule has 1 aromatic carbocycles. The van der Waals surface area contributed by atoms with Crippen LogP contribution in [0.1, 0.15) is 29.6 Å². The number of fused-ring (bicyclic) bond motifs is 1. The van der Waals surface area contributed by atoms with Crippen LogP contribution in [0.4, 0.5) is 13.6 Å². The number of hydrogen-bond donors (Lipinski definition) is 2. The van der Waals surface area contributed by atoms with E-state index in [1.807, 2.05) is 37.3 Å². The van der Waals surface area contributed by atoms with Gasteiger partial charge in [-0.1, -0.05) is 12.1 Å². The van der Waals surface area contributed by atoms with Crippen LogP contribution in [0, 0.1) is 13.8 Å². The average molecular weight is 347 g/mol. The van der Waals surface area contributed by atoms with E-state index < -0.39 is 11.9 Å². The first-order chi connectivity index (χ1) is 11.7. The topological polar surface area (TPSA) is 78.9 Å². The van der Waals surface area contributed by atoms with E-state index in [-0.39, 0.29) is 0 Å². The average Bonchev–Trinajstić information content (AvgIpc) is 2.96. The monoisotopic (exact) mass is 347 g/mol. The van der Waals surface area contributed by atoms with Gasteiger partial charge in [0.15, 0.2) is 0 Å². The number of carbonyl (C=O) groups excluding carboxylic acids is 1. The summed E-state index contributed by atoms with van der Waals surface area (Å²) in [5.74, 6) is 0.575. The Morgan fingerprint density at radius 1 is 1.24 bits per heavy atom. The maximum absolute atomic E-state index is 10.8. The van der Waals surface area contributed by atoms with Crippen LogP contribution in [-0.2, 0) is 12.0 Å². The summed E-state index contributed by atoms with van der Waals surface area (Å²) in [6.07, 6.45) is -0.618. The van der Waals surface area contributed by atoms with Crippen LogP contribution in [0.25, 0.3) is 11.0 Å². The van der Waals surface area contributed by atoms with E-state index in [0.29, 0.717) is 12.2 Å². The number of aromatic amines is 1. The van der Waals surface area contributed by atoms with Gasteiger partial charge in [0.2, 0.25) is 0 Å². The van der Waals surface area contributed by atoms with E-state index in [1.165, 1.54) is 5.56 Å². The zero-order valence-corrected chi connectivity index (χ0v) is 14.2. The summed E-state index contributed by atoms with van der Waals surface area (Å²) in [4.78, 5) is 20.2. The molecule has 132 valence electrons. The van der Waals surface area contributed by atoms with Crippen molar-refractivity contribution in [1.29, 1.82) is 0 Å². The van der Waals surface area contributed by atoms with Gasteiger partial charge in [-0.25, -0.2) is 9.78 Å². The lowest BCUT2D eigenvalue weighted by atomic mass is 9.95. The van der Waals surface area contributed by atoms with E-state index in [1.54, 1.807) is 13.1 Å². The maximum atomic E-state index is 10.8. The molecule has 0 radical (unpaired) electrons. The number of aryl methyl sites for hydroxylation is 1. The van der Waals surface area contributed by atoms with Gasteiger partial charge < -0.3 is 10.1 Å². The fraction of sp³-hybridized carbons (Fsp3) is 0.278. The fourth-order valence-electron chi connectivity index (χ4n) is 2.48. The number of aliphatic hydroxyl groups is 1. The number of carbonyl (C=O) groups is 1. The van der Waals surface area contributed by atoms with E-state index in [2.05, 4.69) is 21.9 Å². The third kappa shape index (κ3) is 4.67. The van der Waals surface area contributed by atoms with Crippen molar-refractivity contribution >= 4 is 17.3 Å². The van der Waals surface area contributed by atoms with E-state index in [9.17, 15) is 13.9 Å². The predicted octanol–water partition coefficient (Wildman–Crippen LogP) is 4.07. The Labute approximate surface area is 143 Å². The van der Waals surface area contributed by atoms with Gasteiger partial charge in [-0.05, 0) is 50.1 Å². The molecule has 1 atom stereocenters. The summed E-state index contributed by atoms with van der Waals surface area (Å²) >= 11 is 0. The lowest BCUT2D eigenvalue weighted by Gasteiger charge is -2.21. The molecule has 5 nitrogen and oxygen atoms in total. The molecule has 0 fully saturated rings. The second-order valence-corrected chi connectivity index (χ2v) is 5.98.